The van der Waals surface area contributed by atoms with E-state index < -0.39 is 0 Å². The lowest BCUT2D eigenvalue weighted by Gasteiger charge is -2.03. The molecule has 2 N–H and O–H groups in total. The van der Waals surface area contributed by atoms with Crippen molar-refractivity contribution in [3.05, 3.63) is 23.2 Å². The summed E-state index contributed by atoms with van der Waals surface area (Å²) in [5.41, 5.74) is 7.89. The monoisotopic (exact) mass is 221 g/mol. The summed E-state index contributed by atoms with van der Waals surface area (Å²) < 4.78 is 2.12. The van der Waals surface area contributed by atoms with Gasteiger partial charge in [-0.15, -0.1) is 0 Å². The van der Waals surface area contributed by atoms with Gasteiger partial charge in [-0.1, -0.05) is 18.5 Å². The molecule has 78 valence electrons. The highest BCUT2D eigenvalue weighted by Gasteiger charge is 2.36. The summed E-state index contributed by atoms with van der Waals surface area (Å²) >= 11 is 5.91. The van der Waals surface area contributed by atoms with E-state index in [1.165, 1.54) is 6.42 Å². The fraction of sp³-hybridized carbons (Fsp3) is 0.364. The van der Waals surface area contributed by atoms with Gasteiger partial charge in [-0.25, -0.2) is 4.98 Å². The Labute approximate surface area is 92.8 Å². The maximum atomic E-state index is 5.92. The van der Waals surface area contributed by atoms with Crippen molar-refractivity contribution in [3.63, 3.8) is 0 Å². The van der Waals surface area contributed by atoms with Crippen LogP contribution in [0, 0.1) is 5.92 Å². The van der Waals surface area contributed by atoms with Crippen molar-refractivity contribution in [2.24, 2.45) is 5.92 Å². The van der Waals surface area contributed by atoms with Crippen molar-refractivity contribution in [2.75, 3.05) is 5.73 Å². The molecule has 2 atom stereocenters. The number of nitrogens with zero attached hydrogens (tertiary/aromatic N) is 2. The molecule has 3 rings (SSSR count). The number of anilines is 1. The molecule has 1 heterocycles. The lowest BCUT2D eigenvalue weighted by molar-refractivity contribution is 0.715. The van der Waals surface area contributed by atoms with Gasteiger partial charge >= 0.3 is 0 Å². The van der Waals surface area contributed by atoms with E-state index in [0.717, 1.165) is 11.0 Å². The minimum Gasteiger partial charge on any atom is -0.369 e. The van der Waals surface area contributed by atoms with Crippen LogP contribution in [0.3, 0.4) is 0 Å². The van der Waals surface area contributed by atoms with E-state index in [9.17, 15) is 0 Å². The number of nitrogens with two attached hydrogens (primary N) is 1. The molecule has 1 saturated carbocycles. The van der Waals surface area contributed by atoms with Crippen LogP contribution in [0.15, 0.2) is 18.2 Å². The van der Waals surface area contributed by atoms with E-state index >= 15 is 0 Å². The second-order valence-electron chi connectivity index (χ2n) is 4.25. The lowest BCUT2D eigenvalue weighted by Crippen LogP contribution is -2.01. The smallest absolute Gasteiger partial charge is 0.201 e. The summed E-state index contributed by atoms with van der Waals surface area (Å²) in [4.78, 5) is 4.33. The maximum absolute atomic E-state index is 5.92. The summed E-state index contributed by atoms with van der Waals surface area (Å²) in [7, 11) is 0. The zero-order chi connectivity index (χ0) is 10.6. The third kappa shape index (κ3) is 1.30. The molecule has 3 nitrogen and oxygen atoms in total. The van der Waals surface area contributed by atoms with Crippen LogP contribution in [0.2, 0.25) is 5.02 Å². The van der Waals surface area contributed by atoms with Crippen LogP contribution >= 0.6 is 11.6 Å². The minimum absolute atomic E-state index is 0.524. The second kappa shape index (κ2) is 2.89. The van der Waals surface area contributed by atoms with Gasteiger partial charge in [0.2, 0.25) is 5.95 Å². The molecule has 2 aromatic rings. The fourth-order valence-corrected chi connectivity index (χ4v) is 2.27. The third-order valence-electron chi connectivity index (χ3n) is 3.08. The van der Waals surface area contributed by atoms with Crippen LogP contribution in [0.5, 0.6) is 0 Å². The highest BCUT2D eigenvalue weighted by Crippen LogP contribution is 2.45. The molecule has 1 fully saturated rings. The van der Waals surface area contributed by atoms with E-state index in [4.69, 9.17) is 17.3 Å². The van der Waals surface area contributed by atoms with E-state index in [1.807, 2.05) is 18.2 Å². The van der Waals surface area contributed by atoms with Gasteiger partial charge in [0, 0.05) is 11.1 Å². The Kier molecular flexibility index (Phi) is 1.74. The van der Waals surface area contributed by atoms with Gasteiger partial charge in [0.25, 0.3) is 0 Å². The topological polar surface area (TPSA) is 43.8 Å². The number of hydrogen-bond donors (Lipinski definition) is 1. The zero-order valence-electron chi connectivity index (χ0n) is 8.44. The van der Waals surface area contributed by atoms with Gasteiger partial charge in [0.1, 0.15) is 0 Å². The third-order valence-corrected chi connectivity index (χ3v) is 3.31. The zero-order valence-corrected chi connectivity index (χ0v) is 9.20. The number of fused-ring (bicyclic) bond motifs is 1. The molecule has 2 unspecified atom stereocenters. The van der Waals surface area contributed by atoms with Crippen LogP contribution in [-0.4, -0.2) is 9.55 Å². The molecular weight excluding hydrogens is 210 g/mol. The number of hydrogen-bond acceptors (Lipinski definition) is 2. The molecule has 1 aromatic heterocycles. The van der Waals surface area contributed by atoms with Crippen molar-refractivity contribution >= 4 is 28.6 Å². The van der Waals surface area contributed by atoms with Crippen LogP contribution in [-0.2, 0) is 0 Å². The predicted octanol–water partition coefficient (Wildman–Crippen LogP) is 2.85. The summed E-state index contributed by atoms with van der Waals surface area (Å²) in [5, 5.41) is 0.705. The van der Waals surface area contributed by atoms with E-state index in [-0.39, 0.29) is 0 Å². The van der Waals surface area contributed by atoms with Gasteiger partial charge in [-0.2, -0.15) is 0 Å². The van der Waals surface area contributed by atoms with E-state index in [2.05, 4.69) is 16.5 Å². The standard InChI is InChI=1S/C11H12ClN3/c1-6-4-10(6)15-9-3-2-7(12)5-8(9)14-11(15)13/h2-3,5-6,10H,4H2,1H3,(H2,13,14). The van der Waals surface area contributed by atoms with Crippen molar-refractivity contribution in [3.8, 4) is 0 Å². The molecule has 0 saturated heterocycles. The molecule has 15 heavy (non-hydrogen) atoms. The molecule has 1 aromatic carbocycles. The average molecular weight is 222 g/mol. The first-order valence-corrected chi connectivity index (χ1v) is 5.47. The molecule has 0 bridgehead atoms. The summed E-state index contributed by atoms with van der Waals surface area (Å²) in [5.74, 6) is 1.31. The van der Waals surface area contributed by atoms with Gasteiger partial charge < -0.3 is 10.3 Å². The number of imidazole rings is 1. The first-order chi connectivity index (χ1) is 7.16. The predicted molar refractivity (Wildman–Crippen MR) is 62.0 cm³/mol. The molecule has 1 aliphatic rings. The van der Waals surface area contributed by atoms with Crippen LogP contribution in [0.1, 0.15) is 19.4 Å². The highest BCUT2D eigenvalue weighted by atomic mass is 35.5. The van der Waals surface area contributed by atoms with Crippen molar-refractivity contribution in [1.82, 2.24) is 9.55 Å². The van der Waals surface area contributed by atoms with E-state index in [0.29, 0.717) is 22.9 Å². The van der Waals surface area contributed by atoms with E-state index in [1.54, 1.807) is 0 Å². The Morgan fingerprint density at radius 1 is 1.53 bits per heavy atom. The Hall–Kier alpha value is -1.22. The molecule has 4 heteroatoms. The first-order valence-electron chi connectivity index (χ1n) is 5.10. The van der Waals surface area contributed by atoms with Crippen molar-refractivity contribution in [1.29, 1.82) is 0 Å². The molecule has 0 amide bonds. The van der Waals surface area contributed by atoms with Crippen LogP contribution < -0.4 is 5.73 Å². The largest absolute Gasteiger partial charge is 0.369 e. The van der Waals surface area contributed by atoms with Gasteiger partial charge in [0.15, 0.2) is 0 Å². The lowest BCUT2D eigenvalue weighted by atomic mass is 10.3. The number of aromatic nitrogens is 2. The first kappa shape index (κ1) is 9.04. The highest BCUT2D eigenvalue weighted by molar-refractivity contribution is 6.31. The number of halogens is 1. The Balaban J connectivity index is 2.24. The molecule has 0 spiro atoms. The quantitative estimate of drug-likeness (QED) is 0.805. The minimum atomic E-state index is 0.524. The molecule has 1 aliphatic carbocycles. The maximum Gasteiger partial charge on any atom is 0.201 e. The van der Waals surface area contributed by atoms with Crippen molar-refractivity contribution < 1.29 is 0 Å². The summed E-state index contributed by atoms with van der Waals surface area (Å²) in [6.45, 7) is 2.23. The van der Waals surface area contributed by atoms with Crippen molar-refractivity contribution in [2.45, 2.75) is 19.4 Å². The van der Waals surface area contributed by atoms with Crippen LogP contribution in [0.4, 0.5) is 5.95 Å². The number of nitrogen functional groups attached to an aromatic ring is 1. The molecule has 0 aliphatic heterocycles. The molecular formula is C11H12ClN3. The second-order valence-corrected chi connectivity index (χ2v) is 4.69. The van der Waals surface area contributed by atoms with Gasteiger partial charge in [-0.05, 0) is 30.5 Å². The summed E-state index contributed by atoms with van der Waals surface area (Å²) in [6.07, 6.45) is 1.19. The SMILES string of the molecule is CC1CC1n1c(N)nc2cc(Cl)ccc21. The Morgan fingerprint density at radius 3 is 2.93 bits per heavy atom. The summed E-state index contributed by atoms with van der Waals surface area (Å²) in [6, 6.07) is 6.26. The van der Waals surface area contributed by atoms with Crippen LogP contribution in [0.25, 0.3) is 11.0 Å². The Morgan fingerprint density at radius 2 is 2.27 bits per heavy atom. The number of rotatable bonds is 1. The number of benzene rings is 1. The fourth-order valence-electron chi connectivity index (χ4n) is 2.10. The Bertz CT molecular complexity index is 532. The van der Waals surface area contributed by atoms with Gasteiger partial charge in [0.05, 0.1) is 11.0 Å². The normalized spacial score (nSPS) is 24.7. The average Bonchev–Trinajstić information content (AvgIpc) is 2.77. The van der Waals surface area contributed by atoms with Gasteiger partial charge in [-0.3, -0.25) is 0 Å². The molecule has 0 radical (unpaired) electrons.